The van der Waals surface area contributed by atoms with Gasteiger partial charge in [-0.3, -0.25) is 14.5 Å². The molecule has 164 valence electrons. The zero-order valence-corrected chi connectivity index (χ0v) is 18.1. The summed E-state index contributed by atoms with van der Waals surface area (Å²) in [6.45, 7) is 2.64. The van der Waals surface area contributed by atoms with Gasteiger partial charge < -0.3 is 16.0 Å². The first-order valence-electron chi connectivity index (χ1n) is 9.37. The van der Waals surface area contributed by atoms with Gasteiger partial charge in [0.2, 0.25) is 11.8 Å². The van der Waals surface area contributed by atoms with E-state index in [0.717, 1.165) is 5.56 Å². The molecular weight excluding hydrogens is 430 g/mol. The van der Waals surface area contributed by atoms with Crippen molar-refractivity contribution < 1.29 is 14.0 Å². The first-order chi connectivity index (χ1) is 13.5. The zero-order chi connectivity index (χ0) is 19.9. The van der Waals surface area contributed by atoms with Crippen LogP contribution in [0.2, 0.25) is 0 Å². The lowest BCUT2D eigenvalue weighted by Gasteiger charge is -2.34. The Bertz CT molecular complexity index is 800. The van der Waals surface area contributed by atoms with E-state index in [1.165, 1.54) is 24.3 Å². The van der Waals surface area contributed by atoms with E-state index < -0.39 is 0 Å². The fraction of sp³-hybridized carbons (Fsp3) is 0.333. The minimum Gasteiger partial charge on any atom is -0.340 e. The van der Waals surface area contributed by atoms with Crippen LogP contribution in [0.15, 0.2) is 54.6 Å². The van der Waals surface area contributed by atoms with Crippen LogP contribution >= 0.6 is 24.8 Å². The molecule has 1 heterocycles. The number of hydrogen-bond donors (Lipinski definition) is 2. The molecule has 9 heteroatoms. The highest BCUT2D eigenvalue weighted by Crippen LogP contribution is 2.16. The Morgan fingerprint density at radius 1 is 0.967 bits per heavy atom. The van der Waals surface area contributed by atoms with Crippen molar-refractivity contribution in [2.24, 2.45) is 5.73 Å². The average molecular weight is 457 g/mol. The van der Waals surface area contributed by atoms with Crippen LogP contribution in [0.4, 0.5) is 10.1 Å². The molecule has 0 spiro atoms. The van der Waals surface area contributed by atoms with Gasteiger partial charge in [-0.2, -0.15) is 0 Å². The number of amides is 2. The molecule has 2 amide bonds. The number of nitrogens with two attached hydrogens (primary N) is 1. The van der Waals surface area contributed by atoms with Gasteiger partial charge >= 0.3 is 0 Å². The molecule has 0 saturated carbocycles. The molecule has 1 fully saturated rings. The van der Waals surface area contributed by atoms with Crippen molar-refractivity contribution in [2.75, 3.05) is 38.0 Å². The number of carbonyl (C=O) groups is 2. The highest BCUT2D eigenvalue weighted by Gasteiger charge is 2.24. The van der Waals surface area contributed by atoms with Crippen molar-refractivity contribution in [1.29, 1.82) is 0 Å². The highest BCUT2D eigenvalue weighted by atomic mass is 35.5. The topological polar surface area (TPSA) is 78.7 Å². The van der Waals surface area contributed by atoms with Crippen LogP contribution in [0.5, 0.6) is 0 Å². The first kappa shape index (κ1) is 25.8. The fourth-order valence-corrected chi connectivity index (χ4v) is 3.23. The van der Waals surface area contributed by atoms with Gasteiger partial charge in [-0.15, -0.1) is 24.8 Å². The van der Waals surface area contributed by atoms with E-state index in [4.69, 9.17) is 5.73 Å². The van der Waals surface area contributed by atoms with Crippen molar-refractivity contribution >= 4 is 42.3 Å². The monoisotopic (exact) mass is 456 g/mol. The number of benzene rings is 2. The van der Waals surface area contributed by atoms with E-state index in [0.29, 0.717) is 31.9 Å². The van der Waals surface area contributed by atoms with Crippen molar-refractivity contribution in [3.05, 3.63) is 66.0 Å². The Hall–Kier alpha value is -2.19. The molecule has 2 aromatic carbocycles. The fourth-order valence-electron chi connectivity index (χ4n) is 3.23. The second-order valence-corrected chi connectivity index (χ2v) is 6.93. The summed E-state index contributed by atoms with van der Waals surface area (Å²) >= 11 is 0. The minimum absolute atomic E-state index is 0. The van der Waals surface area contributed by atoms with E-state index >= 15 is 0 Å². The predicted molar refractivity (Wildman–Crippen MR) is 121 cm³/mol. The summed E-state index contributed by atoms with van der Waals surface area (Å²) in [6.07, 6.45) is 0.273. The third-order valence-electron chi connectivity index (χ3n) is 4.84. The second kappa shape index (κ2) is 12.5. The number of rotatable bonds is 6. The Morgan fingerprint density at radius 2 is 1.57 bits per heavy atom. The standard InChI is InChI=1S/C21H25FN4O2.2ClH/c22-17-6-8-18(9-7-17)24-20(27)15-25-10-12-26(13-11-25)21(28)14-19(23)16-4-2-1-3-5-16;;/h1-9,19H,10-15,23H2,(H,24,27);2*1H. The number of halogens is 3. The molecule has 1 aliphatic heterocycles. The van der Waals surface area contributed by atoms with Crippen LogP contribution < -0.4 is 11.1 Å². The number of carbonyl (C=O) groups excluding carboxylic acids is 2. The third kappa shape index (κ3) is 7.57. The van der Waals surface area contributed by atoms with Gasteiger partial charge in [0, 0.05) is 44.3 Å². The first-order valence-corrected chi connectivity index (χ1v) is 9.37. The van der Waals surface area contributed by atoms with Crippen molar-refractivity contribution in [1.82, 2.24) is 9.80 Å². The van der Waals surface area contributed by atoms with Crippen molar-refractivity contribution in [3.63, 3.8) is 0 Å². The molecular formula is C21H27Cl2FN4O2. The number of piperazine rings is 1. The molecule has 2 aromatic rings. The van der Waals surface area contributed by atoms with Gasteiger partial charge in [0.25, 0.3) is 0 Å². The number of nitrogens with one attached hydrogen (secondary N) is 1. The number of hydrogen-bond acceptors (Lipinski definition) is 4. The third-order valence-corrected chi connectivity index (χ3v) is 4.84. The second-order valence-electron chi connectivity index (χ2n) is 6.93. The lowest BCUT2D eigenvalue weighted by atomic mass is 10.0. The molecule has 0 bridgehead atoms. The van der Waals surface area contributed by atoms with Crippen LogP contribution in [-0.2, 0) is 9.59 Å². The van der Waals surface area contributed by atoms with Gasteiger partial charge in [0.15, 0.2) is 0 Å². The normalized spacial score (nSPS) is 14.8. The van der Waals surface area contributed by atoms with Crippen LogP contribution in [0, 0.1) is 5.82 Å². The number of anilines is 1. The smallest absolute Gasteiger partial charge is 0.238 e. The van der Waals surface area contributed by atoms with Crippen LogP contribution in [-0.4, -0.2) is 54.3 Å². The van der Waals surface area contributed by atoms with E-state index in [1.807, 2.05) is 35.2 Å². The lowest BCUT2D eigenvalue weighted by Crippen LogP contribution is -2.50. The van der Waals surface area contributed by atoms with Crippen molar-refractivity contribution in [3.8, 4) is 0 Å². The molecule has 0 aromatic heterocycles. The zero-order valence-electron chi connectivity index (χ0n) is 16.5. The minimum atomic E-state index is -0.342. The van der Waals surface area contributed by atoms with Crippen molar-refractivity contribution in [2.45, 2.75) is 12.5 Å². The van der Waals surface area contributed by atoms with E-state index in [-0.39, 0.29) is 61.5 Å². The molecule has 1 saturated heterocycles. The Morgan fingerprint density at radius 3 is 2.17 bits per heavy atom. The molecule has 1 aliphatic rings. The Kier molecular flexibility index (Phi) is 10.8. The molecule has 3 N–H and O–H groups in total. The van der Waals surface area contributed by atoms with E-state index in [9.17, 15) is 14.0 Å². The maximum Gasteiger partial charge on any atom is 0.238 e. The average Bonchev–Trinajstić information content (AvgIpc) is 2.71. The SMILES string of the molecule is Cl.Cl.NC(CC(=O)N1CCN(CC(=O)Nc2ccc(F)cc2)CC1)c1ccccc1. The molecule has 0 aliphatic carbocycles. The van der Waals surface area contributed by atoms with E-state index in [1.54, 1.807) is 4.90 Å². The Balaban J connectivity index is 0.00000225. The summed E-state index contributed by atoms with van der Waals surface area (Å²) in [6, 6.07) is 15.0. The van der Waals surface area contributed by atoms with Gasteiger partial charge in [-0.05, 0) is 29.8 Å². The quantitative estimate of drug-likeness (QED) is 0.700. The summed E-state index contributed by atoms with van der Waals surface area (Å²) in [5.74, 6) is -0.463. The van der Waals surface area contributed by atoms with Crippen LogP contribution in [0.25, 0.3) is 0 Å². The molecule has 30 heavy (non-hydrogen) atoms. The summed E-state index contributed by atoms with van der Waals surface area (Å²) in [5, 5.41) is 2.75. The van der Waals surface area contributed by atoms with Gasteiger partial charge in [-0.25, -0.2) is 4.39 Å². The summed E-state index contributed by atoms with van der Waals surface area (Å²) < 4.78 is 12.9. The van der Waals surface area contributed by atoms with Crippen LogP contribution in [0.3, 0.4) is 0 Å². The molecule has 1 unspecified atom stereocenters. The largest absolute Gasteiger partial charge is 0.340 e. The number of nitrogens with zero attached hydrogens (tertiary/aromatic N) is 2. The van der Waals surface area contributed by atoms with Gasteiger partial charge in [-0.1, -0.05) is 30.3 Å². The summed E-state index contributed by atoms with van der Waals surface area (Å²) in [5.41, 5.74) is 7.66. The lowest BCUT2D eigenvalue weighted by molar-refractivity contribution is -0.133. The predicted octanol–water partition coefficient (Wildman–Crippen LogP) is 2.84. The van der Waals surface area contributed by atoms with Crippen LogP contribution in [0.1, 0.15) is 18.0 Å². The summed E-state index contributed by atoms with van der Waals surface area (Å²) in [7, 11) is 0. The van der Waals surface area contributed by atoms with Gasteiger partial charge in [0.05, 0.1) is 6.54 Å². The maximum absolute atomic E-state index is 12.9. The van der Waals surface area contributed by atoms with E-state index in [2.05, 4.69) is 5.32 Å². The molecule has 1 atom stereocenters. The maximum atomic E-state index is 12.9. The molecule has 0 radical (unpaired) electrons. The molecule has 3 rings (SSSR count). The highest BCUT2D eigenvalue weighted by molar-refractivity contribution is 5.92. The summed E-state index contributed by atoms with van der Waals surface area (Å²) in [4.78, 5) is 28.4. The van der Waals surface area contributed by atoms with Gasteiger partial charge in [0.1, 0.15) is 5.82 Å². The Labute approximate surface area is 188 Å². The molecule has 6 nitrogen and oxygen atoms in total.